The van der Waals surface area contributed by atoms with Gasteiger partial charge in [-0.05, 0) is 29.6 Å². The molecular weight excluding hydrogens is 400 g/mol. The molecule has 3 rings (SSSR count). The maximum Gasteiger partial charge on any atom is 0.192 e. The van der Waals surface area contributed by atoms with Gasteiger partial charge >= 0.3 is 0 Å². The Bertz CT molecular complexity index is 844. The van der Waals surface area contributed by atoms with E-state index in [2.05, 4.69) is 33.9 Å². The maximum absolute atomic E-state index is 11.0. The summed E-state index contributed by atoms with van der Waals surface area (Å²) in [6, 6.07) is 13.6. The Morgan fingerprint density at radius 3 is 2.33 bits per heavy atom. The molecule has 7 heteroatoms. The van der Waals surface area contributed by atoms with Crippen LogP contribution in [0.1, 0.15) is 20.8 Å². The Labute approximate surface area is 179 Å². The van der Waals surface area contributed by atoms with Crippen LogP contribution in [-0.4, -0.2) is 63.0 Å². The van der Waals surface area contributed by atoms with Crippen LogP contribution in [0.15, 0.2) is 42.5 Å². The minimum Gasteiger partial charge on any atom is -0.484 e. The molecule has 1 saturated heterocycles. The van der Waals surface area contributed by atoms with Crippen LogP contribution in [0.3, 0.4) is 0 Å². The van der Waals surface area contributed by atoms with Gasteiger partial charge in [0.2, 0.25) is 0 Å². The van der Waals surface area contributed by atoms with Crippen LogP contribution in [0.4, 0.5) is 0 Å². The molecule has 0 unspecified atom stereocenters. The number of hydrogen-bond acceptors (Lipinski definition) is 6. The van der Waals surface area contributed by atoms with E-state index in [-0.39, 0.29) is 11.6 Å². The van der Waals surface area contributed by atoms with Crippen LogP contribution in [0.5, 0.6) is 5.75 Å². The predicted octanol–water partition coefficient (Wildman–Crippen LogP) is 3.70. The third kappa shape index (κ3) is 4.71. The number of benzene rings is 2. The summed E-state index contributed by atoms with van der Waals surface area (Å²) in [5.74, 6) is 0.594. The highest BCUT2D eigenvalue weighted by molar-refractivity contribution is 6.74. The number of methoxy groups -OCH3 is 1. The number of fused-ring (bicyclic) bond motifs is 1. The summed E-state index contributed by atoms with van der Waals surface area (Å²) in [6.45, 7) is 11.0. The van der Waals surface area contributed by atoms with Gasteiger partial charge in [-0.2, -0.15) is 0 Å². The van der Waals surface area contributed by atoms with E-state index in [4.69, 9.17) is 18.6 Å². The summed E-state index contributed by atoms with van der Waals surface area (Å²) in [5, 5.41) is 23.7. The van der Waals surface area contributed by atoms with Gasteiger partial charge in [-0.1, -0.05) is 57.2 Å². The second-order valence-electron chi connectivity index (χ2n) is 9.39. The number of aliphatic hydroxyl groups is 2. The summed E-state index contributed by atoms with van der Waals surface area (Å²) < 4.78 is 23.6. The van der Waals surface area contributed by atoms with Crippen molar-refractivity contribution in [3.63, 3.8) is 0 Å². The van der Waals surface area contributed by atoms with Crippen molar-refractivity contribution in [1.82, 2.24) is 0 Å². The molecule has 2 aromatic carbocycles. The topological polar surface area (TPSA) is 77.4 Å². The predicted molar refractivity (Wildman–Crippen MR) is 119 cm³/mol. The zero-order valence-electron chi connectivity index (χ0n) is 18.7. The lowest BCUT2D eigenvalue weighted by Gasteiger charge is -2.43. The molecule has 5 atom stereocenters. The molecule has 30 heavy (non-hydrogen) atoms. The molecule has 2 aromatic rings. The highest BCUT2D eigenvalue weighted by Crippen LogP contribution is 2.37. The zero-order chi connectivity index (χ0) is 22.1. The first-order chi connectivity index (χ1) is 14.0. The van der Waals surface area contributed by atoms with Crippen molar-refractivity contribution in [2.75, 3.05) is 13.7 Å². The maximum atomic E-state index is 11.0. The Morgan fingerprint density at radius 1 is 1.00 bits per heavy atom. The SMILES string of the molecule is CO[C@H]1O[C@H](CO[Si](C)(C)C(C)(C)C)[C@@H](O)[C@H](Oc2cccc3ccccc23)[C@@H]1O. The van der Waals surface area contributed by atoms with Gasteiger partial charge < -0.3 is 28.8 Å². The summed E-state index contributed by atoms with van der Waals surface area (Å²) >= 11 is 0. The van der Waals surface area contributed by atoms with E-state index in [0.29, 0.717) is 5.75 Å². The summed E-state index contributed by atoms with van der Waals surface area (Å²) in [5.41, 5.74) is 0. The fourth-order valence-corrected chi connectivity index (χ4v) is 4.34. The molecule has 0 radical (unpaired) electrons. The van der Waals surface area contributed by atoms with E-state index in [1.165, 1.54) is 7.11 Å². The van der Waals surface area contributed by atoms with Crippen molar-refractivity contribution >= 4 is 19.1 Å². The molecule has 0 amide bonds. The largest absolute Gasteiger partial charge is 0.484 e. The average Bonchev–Trinajstić information content (AvgIpc) is 2.70. The van der Waals surface area contributed by atoms with Gasteiger partial charge in [0.15, 0.2) is 20.7 Å². The van der Waals surface area contributed by atoms with Crippen LogP contribution < -0.4 is 4.74 Å². The highest BCUT2D eigenvalue weighted by Gasteiger charge is 2.48. The van der Waals surface area contributed by atoms with E-state index < -0.39 is 39.0 Å². The second-order valence-corrected chi connectivity index (χ2v) is 14.2. The van der Waals surface area contributed by atoms with Crippen molar-refractivity contribution < 1.29 is 28.8 Å². The minimum absolute atomic E-state index is 0.0334. The minimum atomic E-state index is -2.04. The van der Waals surface area contributed by atoms with Crippen molar-refractivity contribution in [3.8, 4) is 5.75 Å². The van der Waals surface area contributed by atoms with Crippen molar-refractivity contribution in [2.45, 2.75) is 69.6 Å². The Hall–Kier alpha value is -1.48. The number of ether oxygens (including phenoxy) is 3. The van der Waals surface area contributed by atoms with Crippen LogP contribution in [-0.2, 0) is 13.9 Å². The van der Waals surface area contributed by atoms with Gasteiger partial charge in [-0.3, -0.25) is 0 Å². The van der Waals surface area contributed by atoms with Crippen LogP contribution in [0.2, 0.25) is 18.1 Å². The van der Waals surface area contributed by atoms with Gasteiger partial charge in [-0.25, -0.2) is 0 Å². The lowest BCUT2D eigenvalue weighted by molar-refractivity contribution is -0.289. The molecule has 166 valence electrons. The normalized spacial score (nSPS) is 27.9. The first-order valence-electron chi connectivity index (χ1n) is 10.4. The van der Waals surface area contributed by atoms with E-state index in [0.717, 1.165) is 10.8 Å². The van der Waals surface area contributed by atoms with E-state index >= 15 is 0 Å². The number of hydrogen-bond donors (Lipinski definition) is 2. The first-order valence-corrected chi connectivity index (χ1v) is 13.3. The summed E-state index contributed by atoms with van der Waals surface area (Å²) in [6.07, 6.45) is -4.72. The average molecular weight is 435 g/mol. The van der Waals surface area contributed by atoms with Crippen LogP contribution in [0, 0.1) is 0 Å². The molecule has 0 aliphatic carbocycles. The first kappa shape index (κ1) is 23.2. The lowest BCUT2D eigenvalue weighted by atomic mass is 9.98. The molecule has 0 saturated carbocycles. The van der Waals surface area contributed by atoms with Crippen LogP contribution in [0.25, 0.3) is 10.8 Å². The molecule has 0 spiro atoms. The van der Waals surface area contributed by atoms with Gasteiger partial charge in [0, 0.05) is 12.5 Å². The van der Waals surface area contributed by atoms with E-state index in [9.17, 15) is 10.2 Å². The molecule has 1 heterocycles. The number of rotatable bonds is 6. The lowest BCUT2D eigenvalue weighted by Crippen LogP contribution is -2.61. The standard InChI is InChI=1S/C23H34O6Si/c1-23(2,3)30(5,6)27-14-18-19(24)21(20(25)22(26-4)29-18)28-17-13-9-11-15-10-7-8-12-16(15)17/h7-13,18-22,24-25H,14H2,1-6H3/t18-,19-,20+,21+,22+/m1/s1. The Balaban J connectivity index is 1.82. The zero-order valence-corrected chi connectivity index (χ0v) is 19.7. The van der Waals surface area contributed by atoms with Gasteiger partial charge in [0.1, 0.15) is 24.1 Å². The smallest absolute Gasteiger partial charge is 0.192 e. The Kier molecular flexibility index (Phi) is 6.91. The monoisotopic (exact) mass is 434 g/mol. The molecule has 0 bridgehead atoms. The molecule has 1 fully saturated rings. The highest BCUT2D eigenvalue weighted by atomic mass is 28.4. The molecule has 1 aliphatic rings. The van der Waals surface area contributed by atoms with E-state index in [1.54, 1.807) is 0 Å². The van der Waals surface area contributed by atoms with Gasteiger partial charge in [0.05, 0.1) is 6.61 Å². The third-order valence-electron chi connectivity index (χ3n) is 6.30. The summed E-state index contributed by atoms with van der Waals surface area (Å²) in [7, 11) is -0.571. The van der Waals surface area contributed by atoms with Crippen molar-refractivity contribution in [3.05, 3.63) is 42.5 Å². The van der Waals surface area contributed by atoms with Gasteiger partial charge in [-0.15, -0.1) is 0 Å². The third-order valence-corrected chi connectivity index (χ3v) is 10.8. The quantitative estimate of drug-likeness (QED) is 0.675. The van der Waals surface area contributed by atoms with Crippen molar-refractivity contribution in [1.29, 1.82) is 0 Å². The molecular formula is C23H34O6Si. The number of aliphatic hydroxyl groups excluding tert-OH is 2. The fourth-order valence-electron chi connectivity index (χ4n) is 3.33. The molecule has 2 N–H and O–H groups in total. The molecule has 6 nitrogen and oxygen atoms in total. The van der Waals surface area contributed by atoms with Gasteiger partial charge in [0.25, 0.3) is 0 Å². The van der Waals surface area contributed by atoms with Crippen molar-refractivity contribution in [2.24, 2.45) is 0 Å². The fraction of sp³-hybridized carbons (Fsp3) is 0.565. The Morgan fingerprint density at radius 2 is 1.67 bits per heavy atom. The molecule has 0 aromatic heterocycles. The van der Waals surface area contributed by atoms with E-state index in [1.807, 2.05) is 42.5 Å². The summed E-state index contributed by atoms with van der Waals surface area (Å²) in [4.78, 5) is 0. The second kappa shape index (κ2) is 8.94. The molecule has 1 aliphatic heterocycles. The van der Waals surface area contributed by atoms with Crippen LogP contribution >= 0.6 is 0 Å².